The van der Waals surface area contributed by atoms with Crippen LogP contribution in [0.15, 0.2) is 12.1 Å². The molecule has 3 rings (SSSR count). The van der Waals surface area contributed by atoms with E-state index in [1.807, 2.05) is 19.9 Å². The highest BCUT2D eigenvalue weighted by atomic mass is 35.5. The van der Waals surface area contributed by atoms with Gasteiger partial charge in [-0.25, -0.2) is 4.98 Å². The summed E-state index contributed by atoms with van der Waals surface area (Å²) < 4.78 is 0.964. The number of aromatic nitrogens is 2. The zero-order chi connectivity index (χ0) is 18.0. The number of hydrogen-bond acceptors (Lipinski definition) is 6. The van der Waals surface area contributed by atoms with Crippen molar-refractivity contribution < 1.29 is 4.79 Å². The number of nitrogens with zero attached hydrogens (tertiary/aromatic N) is 4. The Labute approximate surface area is 160 Å². The van der Waals surface area contributed by atoms with Crippen LogP contribution in [0.4, 0.5) is 11.8 Å². The van der Waals surface area contributed by atoms with Crippen LogP contribution in [0.2, 0.25) is 8.67 Å². The van der Waals surface area contributed by atoms with Gasteiger partial charge < -0.3 is 15.1 Å². The van der Waals surface area contributed by atoms with Crippen LogP contribution < -0.4 is 10.2 Å². The number of carbonyl (C=O) groups is 1. The number of aryl methyl sites for hydroxylation is 1. The summed E-state index contributed by atoms with van der Waals surface area (Å²) in [6.07, 6.45) is 0. The Morgan fingerprint density at radius 2 is 1.96 bits per heavy atom. The van der Waals surface area contributed by atoms with Gasteiger partial charge in [0.2, 0.25) is 5.95 Å². The molecule has 0 aromatic carbocycles. The van der Waals surface area contributed by atoms with Crippen molar-refractivity contribution in [1.29, 1.82) is 0 Å². The minimum absolute atomic E-state index is 0.0775. The minimum atomic E-state index is -0.0775. The first kappa shape index (κ1) is 18.2. The number of rotatable bonds is 4. The van der Waals surface area contributed by atoms with Crippen molar-refractivity contribution in [3.05, 3.63) is 32.1 Å². The lowest BCUT2D eigenvalue weighted by atomic mass is 10.2. The van der Waals surface area contributed by atoms with E-state index in [2.05, 4.69) is 20.2 Å². The Morgan fingerprint density at radius 1 is 1.24 bits per heavy atom. The SMILES string of the molecule is CCNc1cc(C)nc(N2CCN(C(=O)c3cc(Cl)sc3Cl)CC2)n1. The number of halogens is 2. The quantitative estimate of drug-likeness (QED) is 0.851. The van der Waals surface area contributed by atoms with Crippen LogP contribution in [0.25, 0.3) is 0 Å². The third-order valence-electron chi connectivity index (χ3n) is 3.94. The van der Waals surface area contributed by atoms with E-state index >= 15 is 0 Å². The number of piperazine rings is 1. The fourth-order valence-corrected chi connectivity index (χ4v) is 4.18. The fourth-order valence-electron chi connectivity index (χ4n) is 2.73. The summed E-state index contributed by atoms with van der Waals surface area (Å²) in [5.74, 6) is 1.44. The lowest BCUT2D eigenvalue weighted by Crippen LogP contribution is -2.49. The first-order valence-electron chi connectivity index (χ1n) is 8.06. The standard InChI is InChI=1S/C16H19Cl2N5OS/c1-3-19-13-8-10(2)20-16(21-13)23-6-4-22(5-7-23)15(24)11-9-12(17)25-14(11)18/h8-9H,3-7H2,1-2H3,(H,19,20,21). The molecule has 1 fully saturated rings. The summed E-state index contributed by atoms with van der Waals surface area (Å²) in [6, 6.07) is 3.56. The maximum absolute atomic E-state index is 12.6. The van der Waals surface area contributed by atoms with Crippen LogP contribution in [-0.4, -0.2) is 53.5 Å². The molecule has 6 nitrogen and oxygen atoms in total. The van der Waals surface area contributed by atoms with E-state index in [9.17, 15) is 4.79 Å². The van der Waals surface area contributed by atoms with E-state index in [1.165, 1.54) is 11.3 Å². The summed E-state index contributed by atoms with van der Waals surface area (Å²) in [5.41, 5.74) is 1.39. The van der Waals surface area contributed by atoms with Crippen molar-refractivity contribution in [1.82, 2.24) is 14.9 Å². The average Bonchev–Trinajstić information content (AvgIpc) is 2.92. The minimum Gasteiger partial charge on any atom is -0.370 e. The molecular formula is C16H19Cl2N5OS. The number of carbonyl (C=O) groups excluding carboxylic acids is 1. The Kier molecular flexibility index (Phi) is 5.66. The normalized spacial score (nSPS) is 14.7. The molecule has 0 bridgehead atoms. The molecule has 0 spiro atoms. The molecule has 1 amide bonds. The zero-order valence-corrected chi connectivity index (χ0v) is 16.4. The first-order chi connectivity index (χ1) is 12.0. The summed E-state index contributed by atoms with van der Waals surface area (Å²) >= 11 is 13.3. The van der Waals surface area contributed by atoms with Gasteiger partial charge in [0.25, 0.3) is 5.91 Å². The topological polar surface area (TPSA) is 61.4 Å². The molecule has 134 valence electrons. The second kappa shape index (κ2) is 7.76. The van der Waals surface area contributed by atoms with Gasteiger partial charge in [-0.2, -0.15) is 4.98 Å². The molecule has 0 aliphatic carbocycles. The molecule has 9 heteroatoms. The third kappa shape index (κ3) is 4.16. The Hall–Kier alpha value is -1.57. The molecule has 1 aliphatic heterocycles. The monoisotopic (exact) mass is 399 g/mol. The molecule has 3 heterocycles. The Morgan fingerprint density at radius 3 is 2.56 bits per heavy atom. The van der Waals surface area contributed by atoms with Crippen molar-refractivity contribution >= 4 is 52.2 Å². The molecule has 1 aliphatic rings. The zero-order valence-electron chi connectivity index (χ0n) is 14.1. The maximum Gasteiger partial charge on any atom is 0.256 e. The molecule has 25 heavy (non-hydrogen) atoms. The largest absolute Gasteiger partial charge is 0.370 e. The number of thiophene rings is 1. The highest BCUT2D eigenvalue weighted by molar-refractivity contribution is 7.20. The van der Waals surface area contributed by atoms with E-state index in [0.29, 0.717) is 46.4 Å². The first-order valence-corrected chi connectivity index (χ1v) is 9.63. The van der Waals surface area contributed by atoms with Gasteiger partial charge in [0.05, 0.1) is 9.90 Å². The Bertz CT molecular complexity index is 774. The summed E-state index contributed by atoms with van der Waals surface area (Å²) in [5, 5.41) is 3.22. The summed E-state index contributed by atoms with van der Waals surface area (Å²) in [6.45, 7) is 7.33. The van der Waals surface area contributed by atoms with Crippen molar-refractivity contribution in [2.24, 2.45) is 0 Å². The van der Waals surface area contributed by atoms with E-state index < -0.39 is 0 Å². The van der Waals surface area contributed by atoms with Crippen LogP contribution >= 0.6 is 34.5 Å². The fraction of sp³-hybridized carbons (Fsp3) is 0.438. The summed E-state index contributed by atoms with van der Waals surface area (Å²) in [4.78, 5) is 25.6. The van der Waals surface area contributed by atoms with Crippen LogP contribution in [0.3, 0.4) is 0 Å². The van der Waals surface area contributed by atoms with Crippen molar-refractivity contribution in [2.75, 3.05) is 42.9 Å². The van der Waals surface area contributed by atoms with Gasteiger partial charge in [-0.05, 0) is 19.9 Å². The summed E-state index contributed by atoms with van der Waals surface area (Å²) in [7, 11) is 0. The molecule has 1 saturated heterocycles. The predicted molar refractivity (Wildman–Crippen MR) is 103 cm³/mol. The van der Waals surface area contributed by atoms with Crippen LogP contribution in [0.1, 0.15) is 23.0 Å². The van der Waals surface area contributed by atoms with Crippen molar-refractivity contribution in [2.45, 2.75) is 13.8 Å². The number of amides is 1. The van der Waals surface area contributed by atoms with Gasteiger partial charge >= 0.3 is 0 Å². The molecule has 0 unspecified atom stereocenters. The van der Waals surface area contributed by atoms with Crippen molar-refractivity contribution in [3.8, 4) is 0 Å². The second-order valence-electron chi connectivity index (χ2n) is 5.74. The van der Waals surface area contributed by atoms with E-state index in [-0.39, 0.29) is 5.91 Å². The van der Waals surface area contributed by atoms with E-state index in [4.69, 9.17) is 23.2 Å². The molecule has 0 atom stereocenters. The van der Waals surface area contributed by atoms with Gasteiger partial charge in [-0.3, -0.25) is 4.79 Å². The van der Waals surface area contributed by atoms with Gasteiger partial charge in [0.1, 0.15) is 10.2 Å². The van der Waals surface area contributed by atoms with E-state index in [1.54, 1.807) is 11.0 Å². The second-order valence-corrected chi connectivity index (χ2v) is 8.03. The van der Waals surface area contributed by atoms with E-state index in [0.717, 1.165) is 18.1 Å². The molecular weight excluding hydrogens is 381 g/mol. The molecule has 2 aromatic rings. The number of hydrogen-bond donors (Lipinski definition) is 1. The highest BCUT2D eigenvalue weighted by Gasteiger charge is 2.26. The highest BCUT2D eigenvalue weighted by Crippen LogP contribution is 2.32. The van der Waals surface area contributed by atoms with Gasteiger partial charge in [-0.15, -0.1) is 11.3 Å². The van der Waals surface area contributed by atoms with Crippen LogP contribution in [0, 0.1) is 6.92 Å². The maximum atomic E-state index is 12.6. The van der Waals surface area contributed by atoms with Gasteiger partial charge in [-0.1, -0.05) is 23.2 Å². The van der Waals surface area contributed by atoms with Gasteiger partial charge in [0.15, 0.2) is 0 Å². The number of nitrogens with one attached hydrogen (secondary N) is 1. The predicted octanol–water partition coefficient (Wildman–Crippen LogP) is 3.55. The van der Waals surface area contributed by atoms with Crippen LogP contribution in [0.5, 0.6) is 0 Å². The molecule has 0 saturated carbocycles. The lowest BCUT2D eigenvalue weighted by Gasteiger charge is -2.34. The number of anilines is 2. The molecule has 0 radical (unpaired) electrons. The lowest BCUT2D eigenvalue weighted by molar-refractivity contribution is 0.0747. The average molecular weight is 400 g/mol. The van der Waals surface area contributed by atoms with Crippen molar-refractivity contribution in [3.63, 3.8) is 0 Å². The molecule has 1 N–H and O–H groups in total. The van der Waals surface area contributed by atoms with Crippen LogP contribution in [-0.2, 0) is 0 Å². The van der Waals surface area contributed by atoms with Gasteiger partial charge in [0, 0.05) is 44.5 Å². The third-order valence-corrected chi connectivity index (χ3v) is 5.42. The smallest absolute Gasteiger partial charge is 0.256 e. The Balaban J connectivity index is 1.67. The molecule has 2 aromatic heterocycles.